The van der Waals surface area contributed by atoms with E-state index >= 15 is 0 Å². The second kappa shape index (κ2) is 6.24. The summed E-state index contributed by atoms with van der Waals surface area (Å²) < 4.78 is 19.2. The van der Waals surface area contributed by atoms with Crippen LogP contribution in [-0.4, -0.2) is 36.1 Å². The first kappa shape index (κ1) is 14.0. The first-order valence-corrected chi connectivity index (χ1v) is 7.01. The molecule has 0 atom stereocenters. The molecule has 7 heteroatoms. The Hall–Kier alpha value is -1.92. The van der Waals surface area contributed by atoms with Gasteiger partial charge in [-0.05, 0) is 18.2 Å². The molecule has 21 heavy (non-hydrogen) atoms. The summed E-state index contributed by atoms with van der Waals surface area (Å²) in [6, 6.07) is 5.96. The standard InChI is InChI=1S/C14H14ClFN4O/c15-10-1-2-12(11(16)7-10)21-14-8-13(18-9-19-14)20-5-3-17-4-6-20/h1-2,7-9,17H,3-6H2. The highest BCUT2D eigenvalue weighted by Gasteiger charge is 2.13. The summed E-state index contributed by atoms with van der Waals surface area (Å²) >= 11 is 5.71. The van der Waals surface area contributed by atoms with Crippen LogP contribution >= 0.6 is 11.6 Å². The molecule has 2 aromatic rings. The normalized spacial score (nSPS) is 15.0. The summed E-state index contributed by atoms with van der Waals surface area (Å²) in [5.74, 6) is 0.643. The van der Waals surface area contributed by atoms with Crippen molar-refractivity contribution in [3.8, 4) is 11.6 Å². The first-order valence-electron chi connectivity index (χ1n) is 6.63. The van der Waals surface area contributed by atoms with E-state index in [0.717, 1.165) is 32.0 Å². The SMILES string of the molecule is Fc1cc(Cl)ccc1Oc1cc(N2CCNCC2)ncn1. The van der Waals surface area contributed by atoms with E-state index in [1.165, 1.54) is 18.5 Å². The third-order valence-electron chi connectivity index (χ3n) is 3.18. The van der Waals surface area contributed by atoms with Crippen molar-refractivity contribution in [1.82, 2.24) is 15.3 Å². The van der Waals surface area contributed by atoms with Crippen LogP contribution in [0.25, 0.3) is 0 Å². The van der Waals surface area contributed by atoms with Crippen LogP contribution in [0.5, 0.6) is 11.6 Å². The number of anilines is 1. The van der Waals surface area contributed by atoms with Gasteiger partial charge in [-0.25, -0.2) is 14.4 Å². The van der Waals surface area contributed by atoms with E-state index in [4.69, 9.17) is 16.3 Å². The Morgan fingerprint density at radius 2 is 2.00 bits per heavy atom. The van der Waals surface area contributed by atoms with Crippen molar-refractivity contribution < 1.29 is 9.13 Å². The highest BCUT2D eigenvalue weighted by Crippen LogP contribution is 2.26. The van der Waals surface area contributed by atoms with Crippen molar-refractivity contribution in [3.05, 3.63) is 41.4 Å². The van der Waals surface area contributed by atoms with Crippen molar-refractivity contribution in [3.63, 3.8) is 0 Å². The number of nitrogens with zero attached hydrogens (tertiary/aromatic N) is 3. The molecule has 110 valence electrons. The number of rotatable bonds is 3. The average molecular weight is 309 g/mol. The Kier molecular flexibility index (Phi) is 4.17. The zero-order chi connectivity index (χ0) is 14.7. The summed E-state index contributed by atoms with van der Waals surface area (Å²) in [5, 5.41) is 3.60. The number of hydrogen-bond acceptors (Lipinski definition) is 5. The van der Waals surface area contributed by atoms with Crippen molar-refractivity contribution in [2.24, 2.45) is 0 Å². The average Bonchev–Trinajstić information content (AvgIpc) is 2.51. The number of hydrogen-bond donors (Lipinski definition) is 1. The van der Waals surface area contributed by atoms with E-state index in [2.05, 4.69) is 20.2 Å². The molecule has 0 saturated carbocycles. The van der Waals surface area contributed by atoms with E-state index in [1.54, 1.807) is 12.1 Å². The van der Waals surface area contributed by atoms with E-state index in [1.807, 2.05) is 0 Å². The molecule has 0 amide bonds. The Labute approximate surface area is 126 Å². The monoisotopic (exact) mass is 308 g/mol. The van der Waals surface area contributed by atoms with E-state index in [9.17, 15) is 4.39 Å². The Morgan fingerprint density at radius 3 is 2.76 bits per heavy atom. The van der Waals surface area contributed by atoms with E-state index in [-0.39, 0.29) is 5.75 Å². The number of piperazine rings is 1. The molecule has 0 bridgehead atoms. The topological polar surface area (TPSA) is 50.3 Å². The highest BCUT2D eigenvalue weighted by molar-refractivity contribution is 6.30. The van der Waals surface area contributed by atoms with Crippen LogP contribution < -0.4 is 15.0 Å². The molecule has 1 fully saturated rings. The van der Waals surface area contributed by atoms with Gasteiger partial charge in [-0.1, -0.05) is 11.6 Å². The Balaban J connectivity index is 1.79. The van der Waals surface area contributed by atoms with Crippen LogP contribution in [0.1, 0.15) is 0 Å². The lowest BCUT2D eigenvalue weighted by molar-refractivity contribution is 0.426. The fourth-order valence-corrected chi connectivity index (χ4v) is 2.28. The molecule has 1 aromatic carbocycles. The lowest BCUT2D eigenvalue weighted by atomic mass is 10.3. The van der Waals surface area contributed by atoms with Gasteiger partial charge in [0.2, 0.25) is 5.88 Å². The van der Waals surface area contributed by atoms with Crippen LogP contribution in [0.15, 0.2) is 30.6 Å². The van der Waals surface area contributed by atoms with Crippen molar-refractivity contribution >= 4 is 17.4 Å². The molecule has 0 unspecified atom stereocenters. The number of halogens is 2. The van der Waals surface area contributed by atoms with Gasteiger partial charge < -0.3 is 15.0 Å². The van der Waals surface area contributed by atoms with Crippen LogP contribution in [-0.2, 0) is 0 Å². The van der Waals surface area contributed by atoms with Gasteiger partial charge in [0.15, 0.2) is 11.6 Å². The maximum atomic E-state index is 13.7. The molecule has 0 spiro atoms. The van der Waals surface area contributed by atoms with Gasteiger partial charge in [-0.15, -0.1) is 0 Å². The van der Waals surface area contributed by atoms with Crippen LogP contribution in [0.3, 0.4) is 0 Å². The van der Waals surface area contributed by atoms with Gasteiger partial charge >= 0.3 is 0 Å². The smallest absolute Gasteiger partial charge is 0.224 e. The molecular formula is C14H14ClFN4O. The van der Waals surface area contributed by atoms with Gasteiger partial charge in [-0.2, -0.15) is 0 Å². The van der Waals surface area contributed by atoms with Crippen LogP contribution in [0.2, 0.25) is 5.02 Å². The molecule has 1 aliphatic heterocycles. The van der Waals surface area contributed by atoms with Gasteiger partial charge in [0, 0.05) is 37.3 Å². The zero-order valence-corrected chi connectivity index (χ0v) is 12.0. The number of ether oxygens (including phenoxy) is 1. The fourth-order valence-electron chi connectivity index (χ4n) is 2.12. The Bertz CT molecular complexity index is 634. The molecule has 1 aromatic heterocycles. The van der Waals surface area contributed by atoms with Crippen molar-refractivity contribution in [1.29, 1.82) is 0 Å². The lowest BCUT2D eigenvalue weighted by Gasteiger charge is -2.28. The van der Waals surface area contributed by atoms with Gasteiger partial charge in [0.1, 0.15) is 12.1 Å². The largest absolute Gasteiger partial charge is 0.436 e. The molecule has 2 heterocycles. The van der Waals surface area contributed by atoms with Gasteiger partial charge in [0.25, 0.3) is 0 Å². The van der Waals surface area contributed by atoms with Gasteiger partial charge in [-0.3, -0.25) is 0 Å². The second-order valence-electron chi connectivity index (χ2n) is 4.63. The zero-order valence-electron chi connectivity index (χ0n) is 11.2. The minimum absolute atomic E-state index is 0.0874. The first-order chi connectivity index (χ1) is 10.2. The predicted octanol–water partition coefficient (Wildman–Crippen LogP) is 2.47. The highest BCUT2D eigenvalue weighted by atomic mass is 35.5. The molecule has 1 saturated heterocycles. The summed E-state index contributed by atoms with van der Waals surface area (Å²) in [6.45, 7) is 3.55. The minimum atomic E-state index is -0.523. The molecular weight excluding hydrogens is 295 g/mol. The number of aromatic nitrogens is 2. The minimum Gasteiger partial charge on any atom is -0.436 e. The lowest BCUT2D eigenvalue weighted by Crippen LogP contribution is -2.43. The van der Waals surface area contributed by atoms with Crippen LogP contribution in [0.4, 0.5) is 10.2 Å². The third kappa shape index (κ3) is 3.40. The third-order valence-corrected chi connectivity index (χ3v) is 3.41. The van der Waals surface area contributed by atoms with E-state index in [0.29, 0.717) is 10.9 Å². The second-order valence-corrected chi connectivity index (χ2v) is 5.06. The summed E-state index contributed by atoms with van der Waals surface area (Å²) in [6.07, 6.45) is 1.42. The molecule has 0 radical (unpaired) electrons. The summed E-state index contributed by atoms with van der Waals surface area (Å²) in [5.41, 5.74) is 0. The molecule has 5 nitrogen and oxygen atoms in total. The fraction of sp³-hybridized carbons (Fsp3) is 0.286. The maximum Gasteiger partial charge on any atom is 0.224 e. The molecule has 3 rings (SSSR count). The molecule has 1 N–H and O–H groups in total. The van der Waals surface area contributed by atoms with Crippen LogP contribution in [0, 0.1) is 5.82 Å². The predicted molar refractivity (Wildman–Crippen MR) is 78.6 cm³/mol. The number of benzene rings is 1. The summed E-state index contributed by atoms with van der Waals surface area (Å²) in [4.78, 5) is 10.4. The Morgan fingerprint density at radius 1 is 1.19 bits per heavy atom. The van der Waals surface area contributed by atoms with Crippen molar-refractivity contribution in [2.45, 2.75) is 0 Å². The summed E-state index contributed by atoms with van der Waals surface area (Å²) in [7, 11) is 0. The number of nitrogens with one attached hydrogen (secondary N) is 1. The molecule has 1 aliphatic rings. The van der Waals surface area contributed by atoms with E-state index < -0.39 is 5.82 Å². The van der Waals surface area contributed by atoms with Crippen molar-refractivity contribution in [2.75, 3.05) is 31.1 Å². The van der Waals surface area contributed by atoms with Gasteiger partial charge in [0.05, 0.1) is 0 Å². The quantitative estimate of drug-likeness (QED) is 0.944. The molecule has 0 aliphatic carbocycles. The maximum absolute atomic E-state index is 13.7.